The molecule has 2 unspecified atom stereocenters. The van der Waals surface area contributed by atoms with Gasteiger partial charge in [-0.3, -0.25) is 14.2 Å². The number of likely N-dealkylation sites (N-methyl/N-ethyl adjacent to an activating group) is 1. The molecule has 0 aliphatic carbocycles. The van der Waals surface area contributed by atoms with Crippen LogP contribution in [0.5, 0.6) is 0 Å². The van der Waals surface area contributed by atoms with E-state index in [1.54, 1.807) is 0 Å². The first-order valence-corrected chi connectivity index (χ1v) is 37.4. The molecule has 0 spiro atoms. The van der Waals surface area contributed by atoms with Gasteiger partial charge in [-0.25, -0.2) is 0 Å². The Morgan fingerprint density at radius 1 is 0.372 bits per heavy atom. The highest BCUT2D eigenvalue weighted by atomic mass is 31.2. The molecule has 0 aliphatic heterocycles. The van der Waals surface area contributed by atoms with Crippen molar-refractivity contribution in [1.82, 2.24) is 0 Å². The molecule has 0 amide bonds. The van der Waals surface area contributed by atoms with Crippen LogP contribution in [0.2, 0.25) is 0 Å². The summed E-state index contributed by atoms with van der Waals surface area (Å²) in [6.07, 6.45) is 92.0. The molecule has 0 aromatic heterocycles. The quantitative estimate of drug-likeness (QED) is 0.0195. The molecule has 0 aromatic carbocycles. The second-order valence-electron chi connectivity index (χ2n) is 25.2. The van der Waals surface area contributed by atoms with Gasteiger partial charge >= 0.3 is 11.9 Å². The Morgan fingerprint density at radius 3 is 0.988 bits per heavy atom. The minimum Gasteiger partial charge on any atom is -0.756 e. The van der Waals surface area contributed by atoms with Crippen LogP contribution < -0.4 is 4.89 Å². The molecule has 498 valence electrons. The molecule has 0 rings (SSSR count). The fourth-order valence-electron chi connectivity index (χ4n) is 10.1. The predicted molar refractivity (Wildman–Crippen MR) is 369 cm³/mol. The van der Waals surface area contributed by atoms with Gasteiger partial charge < -0.3 is 27.9 Å². The molecule has 0 heterocycles. The second kappa shape index (κ2) is 66.4. The minimum absolute atomic E-state index is 0.0326. The fourth-order valence-corrected chi connectivity index (χ4v) is 10.9. The van der Waals surface area contributed by atoms with Crippen LogP contribution in [-0.2, 0) is 32.7 Å². The standard InChI is InChI=1S/C76H136NO8P/c1-6-8-10-12-14-16-18-20-22-24-26-28-30-32-33-34-35-36-37-38-39-40-41-42-43-45-47-49-51-53-55-57-59-61-63-65-67-69-76(79)85-74(73-84-86(80,81)83-71-70-77(3,4)5)72-82-75(78)68-66-64-62-60-58-56-54-52-50-48-46-44-31-29-27-25-23-21-19-17-15-13-11-9-7-2/h8,10,14,16,20,22,26,28,32-33,35-36,38-39,41-42,74H,6-7,9,11-13,15,17-19,21,23-25,27,29-31,34,37,40,43-73H2,1-5H3/b10-8-,16-14-,22-20-,28-26-,33-32-,36-35-,39-38-,42-41-. The average molecular weight is 1220 g/mol. The van der Waals surface area contributed by atoms with Crippen LogP contribution in [-0.4, -0.2) is 70.0 Å². The maximum atomic E-state index is 12.9. The number of phosphoric ester groups is 1. The van der Waals surface area contributed by atoms with Crippen LogP contribution in [0.3, 0.4) is 0 Å². The molecule has 0 aromatic rings. The largest absolute Gasteiger partial charge is 0.756 e. The average Bonchev–Trinajstić information content (AvgIpc) is 3.67. The van der Waals surface area contributed by atoms with E-state index in [1.165, 1.54) is 199 Å². The highest BCUT2D eigenvalue weighted by Gasteiger charge is 2.22. The number of unbranched alkanes of at least 4 members (excludes halogenated alkanes) is 36. The Hall–Kier alpha value is -3.07. The molecule has 0 aliphatic rings. The second-order valence-corrected chi connectivity index (χ2v) is 26.6. The van der Waals surface area contributed by atoms with Gasteiger partial charge in [-0.1, -0.05) is 329 Å². The number of hydrogen-bond donors (Lipinski definition) is 0. The van der Waals surface area contributed by atoms with E-state index in [0.29, 0.717) is 17.4 Å². The number of quaternary nitrogens is 1. The number of phosphoric acid groups is 1. The minimum atomic E-state index is -4.65. The molecule has 86 heavy (non-hydrogen) atoms. The topological polar surface area (TPSA) is 111 Å². The van der Waals surface area contributed by atoms with E-state index < -0.39 is 26.5 Å². The number of allylic oxidation sites excluding steroid dienone is 16. The molecule has 0 saturated heterocycles. The third-order valence-corrected chi connectivity index (χ3v) is 16.6. The summed E-state index contributed by atoms with van der Waals surface area (Å²) in [6.45, 7) is 4.17. The molecule has 9 nitrogen and oxygen atoms in total. The van der Waals surface area contributed by atoms with Crippen molar-refractivity contribution in [2.75, 3.05) is 47.5 Å². The molecule has 0 bridgehead atoms. The van der Waals surface area contributed by atoms with Crippen molar-refractivity contribution >= 4 is 19.8 Å². The van der Waals surface area contributed by atoms with Gasteiger partial charge in [0.25, 0.3) is 7.82 Å². The van der Waals surface area contributed by atoms with Gasteiger partial charge in [0.05, 0.1) is 27.7 Å². The fraction of sp³-hybridized carbons (Fsp3) is 0.763. The van der Waals surface area contributed by atoms with Gasteiger partial charge in [-0.05, 0) is 77.0 Å². The lowest BCUT2D eigenvalue weighted by molar-refractivity contribution is -0.870. The first kappa shape index (κ1) is 82.9. The van der Waals surface area contributed by atoms with Gasteiger partial charge in [0.2, 0.25) is 0 Å². The predicted octanol–water partition coefficient (Wildman–Crippen LogP) is 22.9. The van der Waals surface area contributed by atoms with E-state index in [-0.39, 0.29) is 32.0 Å². The maximum Gasteiger partial charge on any atom is 0.306 e. The molecular weight excluding hydrogens is 1090 g/mol. The van der Waals surface area contributed by atoms with Crippen molar-refractivity contribution < 1.29 is 42.1 Å². The van der Waals surface area contributed by atoms with Crippen molar-refractivity contribution in [3.05, 3.63) is 97.2 Å². The summed E-state index contributed by atoms with van der Waals surface area (Å²) in [7, 11) is 1.17. The summed E-state index contributed by atoms with van der Waals surface area (Å²) in [5, 5.41) is 0. The van der Waals surface area contributed by atoms with Crippen LogP contribution in [0, 0.1) is 0 Å². The number of esters is 2. The van der Waals surface area contributed by atoms with Crippen LogP contribution >= 0.6 is 7.82 Å². The summed E-state index contributed by atoms with van der Waals surface area (Å²) >= 11 is 0. The van der Waals surface area contributed by atoms with Gasteiger partial charge in [0, 0.05) is 12.8 Å². The maximum absolute atomic E-state index is 12.9. The Kier molecular flexibility index (Phi) is 64.0. The lowest BCUT2D eigenvalue weighted by Crippen LogP contribution is -2.37. The summed E-state index contributed by atoms with van der Waals surface area (Å²) in [5.41, 5.74) is 0. The summed E-state index contributed by atoms with van der Waals surface area (Å²) < 4.78 is 34.3. The number of rotatable bonds is 66. The summed E-state index contributed by atoms with van der Waals surface area (Å²) in [6, 6.07) is 0. The first-order chi connectivity index (χ1) is 42.0. The van der Waals surface area contributed by atoms with Crippen molar-refractivity contribution in [2.45, 2.75) is 328 Å². The zero-order valence-electron chi connectivity index (χ0n) is 56.7. The Balaban J connectivity index is 4.04. The molecule has 0 fully saturated rings. The molecule has 0 saturated carbocycles. The smallest absolute Gasteiger partial charge is 0.306 e. The van der Waals surface area contributed by atoms with Crippen molar-refractivity contribution in [2.24, 2.45) is 0 Å². The van der Waals surface area contributed by atoms with Crippen LogP contribution in [0.15, 0.2) is 97.2 Å². The molecule has 0 radical (unpaired) electrons. The Morgan fingerprint density at radius 2 is 0.663 bits per heavy atom. The van der Waals surface area contributed by atoms with E-state index in [4.69, 9.17) is 18.5 Å². The molecular formula is C76H136NO8P. The van der Waals surface area contributed by atoms with Crippen molar-refractivity contribution in [1.29, 1.82) is 0 Å². The van der Waals surface area contributed by atoms with E-state index in [9.17, 15) is 19.0 Å². The van der Waals surface area contributed by atoms with Crippen LogP contribution in [0.4, 0.5) is 0 Å². The van der Waals surface area contributed by atoms with E-state index >= 15 is 0 Å². The van der Waals surface area contributed by atoms with Crippen molar-refractivity contribution in [3.63, 3.8) is 0 Å². The Bertz CT molecular complexity index is 1770. The van der Waals surface area contributed by atoms with Crippen LogP contribution in [0.25, 0.3) is 0 Å². The number of carbonyl (C=O) groups is 2. The van der Waals surface area contributed by atoms with E-state index in [0.717, 1.165) is 89.9 Å². The SMILES string of the molecule is CC/C=C\C/C=C\C/C=C\C/C=C\C/C=C\C/C=C\C/C=C\C/C=C\CCCCCCCCCCCCCCC(=O)OC(COC(=O)CCCCCCCCCCCCCCCCCCCCCCCCCCC)COP(=O)([O-])OCC[N+](C)(C)C. The highest BCUT2D eigenvalue weighted by molar-refractivity contribution is 7.45. The lowest BCUT2D eigenvalue weighted by Gasteiger charge is -2.28. The monoisotopic (exact) mass is 1220 g/mol. The number of carbonyl (C=O) groups excluding carboxylic acids is 2. The van der Waals surface area contributed by atoms with Gasteiger partial charge in [0.15, 0.2) is 6.10 Å². The van der Waals surface area contributed by atoms with Crippen molar-refractivity contribution in [3.8, 4) is 0 Å². The summed E-state index contributed by atoms with van der Waals surface area (Å²) in [5.74, 6) is -0.824. The summed E-state index contributed by atoms with van der Waals surface area (Å²) in [4.78, 5) is 38.1. The molecule has 10 heteroatoms. The normalized spacial score (nSPS) is 13.7. The first-order valence-electron chi connectivity index (χ1n) is 35.9. The zero-order valence-corrected chi connectivity index (χ0v) is 57.6. The van der Waals surface area contributed by atoms with Crippen LogP contribution in [0.1, 0.15) is 322 Å². The van der Waals surface area contributed by atoms with E-state index in [1.807, 2.05) is 21.1 Å². The lowest BCUT2D eigenvalue weighted by atomic mass is 10.0. The van der Waals surface area contributed by atoms with Gasteiger partial charge in [0.1, 0.15) is 19.8 Å². The third kappa shape index (κ3) is 70.0. The third-order valence-electron chi connectivity index (χ3n) is 15.6. The number of ether oxygens (including phenoxy) is 2. The van der Waals surface area contributed by atoms with Gasteiger partial charge in [-0.15, -0.1) is 0 Å². The molecule has 2 atom stereocenters. The van der Waals surface area contributed by atoms with Gasteiger partial charge in [-0.2, -0.15) is 0 Å². The Labute approximate surface area is 532 Å². The highest BCUT2D eigenvalue weighted by Crippen LogP contribution is 2.38. The number of nitrogens with zero attached hydrogens (tertiary/aromatic N) is 1. The zero-order chi connectivity index (χ0) is 62.6. The molecule has 0 N–H and O–H groups in total. The number of hydrogen-bond acceptors (Lipinski definition) is 8. The van der Waals surface area contributed by atoms with E-state index in [2.05, 4.69) is 111 Å².